The van der Waals surface area contributed by atoms with Crippen LogP contribution in [0, 0.1) is 6.92 Å². The van der Waals surface area contributed by atoms with Gasteiger partial charge in [0.15, 0.2) is 0 Å². The van der Waals surface area contributed by atoms with Gasteiger partial charge < -0.3 is 4.57 Å². The molecule has 0 radical (unpaired) electrons. The molecule has 0 saturated heterocycles. The van der Waals surface area contributed by atoms with Crippen LogP contribution in [0.25, 0.3) is 10.9 Å². The molecule has 0 aliphatic heterocycles. The lowest BCUT2D eigenvalue weighted by Crippen LogP contribution is -1.95. The van der Waals surface area contributed by atoms with Crippen molar-refractivity contribution in [2.24, 2.45) is 12.1 Å². The normalized spacial score (nSPS) is 11.5. The monoisotopic (exact) mass is 365 g/mol. The van der Waals surface area contributed by atoms with Crippen LogP contribution in [0.3, 0.4) is 0 Å². The van der Waals surface area contributed by atoms with E-state index in [4.69, 9.17) is 34.8 Å². The zero-order chi connectivity index (χ0) is 16.6. The maximum Gasteiger partial charge on any atom is 0.0935 e. The number of benzene rings is 2. The minimum atomic E-state index is 0.425. The highest BCUT2D eigenvalue weighted by Crippen LogP contribution is 2.33. The average molecular weight is 367 g/mol. The van der Waals surface area contributed by atoms with Crippen molar-refractivity contribution >= 4 is 57.6 Å². The van der Waals surface area contributed by atoms with Crippen molar-refractivity contribution in [2.45, 2.75) is 6.92 Å². The average Bonchev–Trinajstić information content (AvgIpc) is 2.75. The van der Waals surface area contributed by atoms with Crippen molar-refractivity contribution in [2.75, 3.05) is 5.43 Å². The molecule has 0 spiro atoms. The fraction of sp³-hybridized carbons (Fsp3) is 0.118. The molecule has 0 atom stereocenters. The first-order valence-electron chi connectivity index (χ1n) is 6.96. The third kappa shape index (κ3) is 3.05. The predicted octanol–water partition coefficient (Wildman–Crippen LogP) is 5.89. The molecular weight excluding hydrogens is 353 g/mol. The first-order chi connectivity index (χ1) is 11.0. The van der Waals surface area contributed by atoms with E-state index >= 15 is 0 Å². The van der Waals surface area contributed by atoms with Crippen LogP contribution in [0.5, 0.6) is 0 Å². The smallest absolute Gasteiger partial charge is 0.0935 e. The van der Waals surface area contributed by atoms with E-state index in [9.17, 15) is 0 Å². The number of nitrogens with zero attached hydrogens (tertiary/aromatic N) is 2. The Morgan fingerprint density at radius 3 is 2.43 bits per heavy atom. The van der Waals surface area contributed by atoms with Gasteiger partial charge in [-0.2, -0.15) is 5.10 Å². The zero-order valence-electron chi connectivity index (χ0n) is 12.6. The Kier molecular flexibility index (Phi) is 4.53. The largest absolute Gasteiger partial charge is 0.347 e. The third-order valence-electron chi connectivity index (χ3n) is 3.83. The Hall–Kier alpha value is -1.68. The van der Waals surface area contributed by atoms with E-state index in [-0.39, 0.29) is 0 Å². The van der Waals surface area contributed by atoms with Crippen molar-refractivity contribution in [3.8, 4) is 0 Å². The van der Waals surface area contributed by atoms with Crippen LogP contribution in [-0.4, -0.2) is 10.8 Å². The van der Waals surface area contributed by atoms with Gasteiger partial charge in [-0.05, 0) is 25.1 Å². The second-order valence-electron chi connectivity index (χ2n) is 5.19. The standard InChI is InChI=1S/C17H14Cl3N3/c1-10-13(12-5-3-4-6-16(12)23(10)2)9-21-22-17-14(19)7-11(18)8-15(17)20/h3-9,22H,1-2H3. The van der Waals surface area contributed by atoms with Gasteiger partial charge in [-0.25, -0.2) is 0 Å². The summed E-state index contributed by atoms with van der Waals surface area (Å²) in [7, 11) is 2.04. The van der Waals surface area contributed by atoms with Crippen molar-refractivity contribution in [3.05, 3.63) is 62.7 Å². The van der Waals surface area contributed by atoms with Crippen LogP contribution in [0.2, 0.25) is 15.1 Å². The molecule has 1 N–H and O–H groups in total. The molecule has 1 heterocycles. The molecule has 118 valence electrons. The Morgan fingerprint density at radius 1 is 1.09 bits per heavy atom. The molecule has 0 aliphatic rings. The van der Waals surface area contributed by atoms with E-state index < -0.39 is 0 Å². The van der Waals surface area contributed by atoms with Crippen LogP contribution in [-0.2, 0) is 7.05 Å². The van der Waals surface area contributed by atoms with Crippen molar-refractivity contribution in [1.82, 2.24) is 4.57 Å². The second kappa shape index (κ2) is 6.44. The van der Waals surface area contributed by atoms with Gasteiger partial charge in [0, 0.05) is 34.2 Å². The molecule has 0 amide bonds. The highest BCUT2D eigenvalue weighted by atomic mass is 35.5. The lowest BCUT2D eigenvalue weighted by atomic mass is 10.1. The summed E-state index contributed by atoms with van der Waals surface area (Å²) in [6.07, 6.45) is 1.78. The SMILES string of the molecule is Cc1c(C=NNc2c(Cl)cc(Cl)cc2Cl)c2ccccc2n1C. The summed E-state index contributed by atoms with van der Waals surface area (Å²) in [5, 5.41) is 6.77. The highest BCUT2D eigenvalue weighted by molar-refractivity contribution is 6.41. The van der Waals surface area contributed by atoms with Gasteiger partial charge in [-0.1, -0.05) is 53.0 Å². The maximum absolute atomic E-state index is 6.14. The summed E-state index contributed by atoms with van der Waals surface area (Å²) in [4.78, 5) is 0. The van der Waals surface area contributed by atoms with Crippen LogP contribution >= 0.6 is 34.8 Å². The van der Waals surface area contributed by atoms with E-state index in [1.165, 1.54) is 0 Å². The van der Waals surface area contributed by atoms with Crippen molar-refractivity contribution < 1.29 is 0 Å². The van der Waals surface area contributed by atoms with Gasteiger partial charge in [-0.3, -0.25) is 5.43 Å². The molecule has 3 nitrogen and oxygen atoms in total. The molecule has 1 aromatic heterocycles. The van der Waals surface area contributed by atoms with E-state index in [0.29, 0.717) is 20.8 Å². The number of nitrogens with one attached hydrogen (secondary N) is 1. The van der Waals surface area contributed by atoms with Crippen LogP contribution in [0.1, 0.15) is 11.3 Å². The third-order valence-corrected chi connectivity index (χ3v) is 4.64. The Morgan fingerprint density at radius 2 is 1.74 bits per heavy atom. The van der Waals surface area contributed by atoms with E-state index in [2.05, 4.69) is 34.2 Å². The fourth-order valence-electron chi connectivity index (χ4n) is 2.52. The van der Waals surface area contributed by atoms with Gasteiger partial charge in [0.2, 0.25) is 0 Å². The van der Waals surface area contributed by atoms with Crippen LogP contribution in [0.4, 0.5) is 5.69 Å². The Balaban J connectivity index is 1.95. The van der Waals surface area contributed by atoms with Gasteiger partial charge in [-0.15, -0.1) is 0 Å². The summed E-state index contributed by atoms with van der Waals surface area (Å²) in [6.45, 7) is 2.06. The molecule has 0 unspecified atom stereocenters. The first-order valence-corrected chi connectivity index (χ1v) is 8.10. The van der Waals surface area contributed by atoms with Crippen LogP contribution < -0.4 is 5.43 Å². The molecule has 3 rings (SSSR count). The topological polar surface area (TPSA) is 29.3 Å². The molecule has 23 heavy (non-hydrogen) atoms. The van der Waals surface area contributed by atoms with Crippen molar-refractivity contribution in [1.29, 1.82) is 0 Å². The van der Waals surface area contributed by atoms with E-state index in [1.54, 1.807) is 18.3 Å². The quantitative estimate of drug-likeness (QED) is 0.454. The molecule has 2 aromatic carbocycles. The molecule has 0 saturated carbocycles. The number of aryl methyl sites for hydroxylation is 1. The fourth-order valence-corrected chi connectivity index (χ4v) is 3.42. The van der Waals surface area contributed by atoms with E-state index in [1.807, 2.05) is 19.2 Å². The number of hydrogen-bond donors (Lipinski definition) is 1. The number of hydrazone groups is 1. The molecule has 0 fully saturated rings. The molecule has 0 aliphatic carbocycles. The van der Waals surface area contributed by atoms with Crippen molar-refractivity contribution in [3.63, 3.8) is 0 Å². The summed E-state index contributed by atoms with van der Waals surface area (Å²) in [6, 6.07) is 11.4. The number of fused-ring (bicyclic) bond motifs is 1. The maximum atomic E-state index is 6.14. The number of hydrogen-bond acceptors (Lipinski definition) is 2. The second-order valence-corrected chi connectivity index (χ2v) is 6.44. The first kappa shape index (κ1) is 16.2. The zero-order valence-corrected chi connectivity index (χ0v) is 14.8. The number of halogens is 3. The lowest BCUT2D eigenvalue weighted by Gasteiger charge is -2.06. The molecule has 6 heteroatoms. The number of aromatic nitrogens is 1. The summed E-state index contributed by atoms with van der Waals surface area (Å²) in [5.41, 5.74) is 6.77. The summed E-state index contributed by atoms with van der Waals surface area (Å²) in [5.74, 6) is 0. The minimum Gasteiger partial charge on any atom is -0.347 e. The Labute approximate surface area is 149 Å². The highest BCUT2D eigenvalue weighted by Gasteiger charge is 2.10. The summed E-state index contributed by atoms with van der Waals surface area (Å²) < 4.78 is 2.14. The van der Waals surface area contributed by atoms with Gasteiger partial charge in [0.25, 0.3) is 0 Å². The van der Waals surface area contributed by atoms with Gasteiger partial charge in [0.05, 0.1) is 21.9 Å². The molecule has 0 bridgehead atoms. The van der Waals surface area contributed by atoms with E-state index in [0.717, 1.165) is 22.2 Å². The number of anilines is 1. The predicted molar refractivity (Wildman–Crippen MR) is 100 cm³/mol. The van der Waals surface area contributed by atoms with Crippen LogP contribution in [0.15, 0.2) is 41.5 Å². The molecular formula is C17H14Cl3N3. The van der Waals surface area contributed by atoms with Gasteiger partial charge in [0.1, 0.15) is 0 Å². The number of rotatable bonds is 3. The number of para-hydroxylation sites is 1. The lowest BCUT2D eigenvalue weighted by molar-refractivity contribution is 0.916. The molecule has 3 aromatic rings. The van der Waals surface area contributed by atoms with Gasteiger partial charge >= 0.3 is 0 Å². The summed E-state index contributed by atoms with van der Waals surface area (Å²) >= 11 is 18.2. The minimum absolute atomic E-state index is 0.425. The Bertz CT molecular complexity index is 890.